The first-order valence-electron chi connectivity index (χ1n) is 14.7. The average Bonchev–Trinajstić information content (AvgIpc) is 3.10. The van der Waals surface area contributed by atoms with Crippen LogP contribution in [0.1, 0.15) is 111 Å². The molecule has 1 unspecified atom stereocenters. The van der Waals surface area contributed by atoms with Crippen LogP contribution in [0.3, 0.4) is 0 Å². The highest BCUT2D eigenvalue weighted by Crippen LogP contribution is 2.49. The maximum atomic E-state index is 9.90. The summed E-state index contributed by atoms with van der Waals surface area (Å²) in [4.78, 5) is 5.25. The van der Waals surface area contributed by atoms with E-state index < -0.39 is 0 Å². The fourth-order valence-electron chi connectivity index (χ4n) is 5.36. The van der Waals surface area contributed by atoms with E-state index in [9.17, 15) is 5.11 Å². The number of fused-ring (bicyclic) bond motifs is 2. The molecule has 4 heteroatoms. The van der Waals surface area contributed by atoms with Gasteiger partial charge in [0.15, 0.2) is 0 Å². The van der Waals surface area contributed by atoms with Crippen LogP contribution in [0.15, 0.2) is 89.0 Å². The fourth-order valence-corrected chi connectivity index (χ4v) is 5.36. The normalized spacial score (nSPS) is 20.2. The van der Waals surface area contributed by atoms with Gasteiger partial charge in [0.1, 0.15) is 5.76 Å². The van der Waals surface area contributed by atoms with Gasteiger partial charge in [0.05, 0.1) is 23.9 Å². The molecule has 1 aromatic rings. The van der Waals surface area contributed by atoms with Crippen LogP contribution in [-0.4, -0.2) is 10.8 Å². The lowest BCUT2D eigenvalue weighted by Crippen LogP contribution is -2.36. The van der Waals surface area contributed by atoms with Crippen molar-refractivity contribution in [2.75, 3.05) is 5.32 Å². The van der Waals surface area contributed by atoms with Gasteiger partial charge in [-0.05, 0) is 72.3 Å². The van der Waals surface area contributed by atoms with E-state index in [-0.39, 0.29) is 16.6 Å². The minimum Gasteiger partial charge on any atom is -0.508 e. The molecule has 0 saturated carbocycles. The number of anilines is 1. The van der Waals surface area contributed by atoms with E-state index >= 15 is 0 Å². The van der Waals surface area contributed by atoms with Crippen molar-refractivity contribution in [2.45, 2.75) is 105 Å². The van der Waals surface area contributed by atoms with Gasteiger partial charge in [0.25, 0.3) is 0 Å². The number of rotatable bonds is 9. The molecule has 40 heavy (non-hydrogen) atoms. The third-order valence-electron chi connectivity index (χ3n) is 8.23. The molecule has 4 nitrogen and oxygen atoms in total. The predicted molar refractivity (Wildman–Crippen MR) is 173 cm³/mol. The monoisotopic (exact) mass is 539 g/mol. The highest BCUT2D eigenvalue weighted by atomic mass is 16.3. The highest BCUT2D eigenvalue weighted by molar-refractivity contribution is 6.16. The number of nitrogens with zero attached hydrogens (tertiary/aromatic N) is 2. The van der Waals surface area contributed by atoms with Gasteiger partial charge in [-0.25, -0.2) is 0 Å². The van der Waals surface area contributed by atoms with Crippen LogP contribution in [0.2, 0.25) is 0 Å². The third-order valence-corrected chi connectivity index (χ3v) is 8.23. The van der Waals surface area contributed by atoms with Gasteiger partial charge in [0.2, 0.25) is 0 Å². The van der Waals surface area contributed by atoms with Crippen LogP contribution in [0, 0.1) is 11.3 Å². The smallest absolute Gasteiger partial charge is 0.115 e. The molecule has 2 aliphatic rings. The largest absolute Gasteiger partial charge is 0.508 e. The predicted octanol–water partition coefficient (Wildman–Crippen LogP) is 10.3. The number of allylic oxidation sites excluding steroid dienone is 7. The zero-order chi connectivity index (χ0) is 30.1. The Hall–Kier alpha value is -3.58. The summed E-state index contributed by atoms with van der Waals surface area (Å²) in [7, 11) is 0. The number of aliphatic hydroxyl groups excluding tert-OH is 1. The van der Waals surface area contributed by atoms with E-state index in [0.717, 1.165) is 59.6 Å². The molecule has 0 saturated heterocycles. The second-order valence-electron chi connectivity index (χ2n) is 11.3. The van der Waals surface area contributed by atoms with Crippen molar-refractivity contribution >= 4 is 11.4 Å². The molecule has 0 fully saturated rings. The molecule has 2 N–H and O–H groups in total. The Balaban J connectivity index is 0.00000274. The number of hydrogen-bond donors (Lipinski definition) is 2. The standard InChI is InChI=1S/C34H43N3O.C2H6/c1-9-25(24(5)38)17-16-23(4)32-26-21-28-27(33(6,7)18-19-34(28,8)11-3)22-31(26)36-30(29(10-2)37-32)15-13-12-14-20-35;1-2/h9,12-13,16-17,21-22,36,38H,1,5,10-11,14-15,18-19H2,2-4,6-8H3;1-2H3/b13-12-,23-16+,25-17+;. The molecule has 0 spiro atoms. The number of benzene rings is 1. The molecule has 3 rings (SSSR count). The topological polar surface area (TPSA) is 68.4 Å². The Bertz CT molecular complexity index is 1310. The zero-order valence-electron chi connectivity index (χ0n) is 26.0. The Kier molecular flexibility index (Phi) is 11.6. The first-order chi connectivity index (χ1) is 19.0. The van der Waals surface area contributed by atoms with E-state index in [1.165, 1.54) is 11.1 Å². The van der Waals surface area contributed by atoms with Crippen molar-refractivity contribution in [3.63, 3.8) is 0 Å². The van der Waals surface area contributed by atoms with Crippen molar-refractivity contribution in [2.24, 2.45) is 4.99 Å². The van der Waals surface area contributed by atoms with Gasteiger partial charge >= 0.3 is 0 Å². The van der Waals surface area contributed by atoms with E-state index in [1.807, 2.05) is 38.2 Å². The van der Waals surface area contributed by atoms with Crippen LogP contribution in [0.5, 0.6) is 0 Å². The average molecular weight is 540 g/mol. The lowest BCUT2D eigenvalue weighted by molar-refractivity contribution is 0.305. The zero-order valence-corrected chi connectivity index (χ0v) is 26.0. The first kappa shape index (κ1) is 32.6. The molecule has 1 heterocycles. The Morgan fingerprint density at radius 1 is 1.12 bits per heavy atom. The van der Waals surface area contributed by atoms with Crippen molar-refractivity contribution in [3.05, 3.63) is 101 Å². The summed E-state index contributed by atoms with van der Waals surface area (Å²) >= 11 is 0. The summed E-state index contributed by atoms with van der Waals surface area (Å²) in [5, 5.41) is 22.6. The van der Waals surface area contributed by atoms with E-state index in [0.29, 0.717) is 18.4 Å². The quantitative estimate of drug-likeness (QED) is 0.186. The lowest BCUT2D eigenvalue weighted by atomic mass is 9.61. The summed E-state index contributed by atoms with van der Waals surface area (Å²) in [6, 6.07) is 6.92. The van der Waals surface area contributed by atoms with E-state index in [1.54, 1.807) is 6.08 Å². The highest BCUT2D eigenvalue weighted by Gasteiger charge is 2.40. The van der Waals surface area contributed by atoms with Crippen molar-refractivity contribution in [1.82, 2.24) is 0 Å². The van der Waals surface area contributed by atoms with Crippen molar-refractivity contribution < 1.29 is 5.11 Å². The molecule has 1 aromatic carbocycles. The second-order valence-corrected chi connectivity index (χ2v) is 11.3. The SMILES string of the molecule is C=C/C(=C\C=C(/C)C1=NC(CC)=C(C/C=C\CC#N)Nc2cc3c(cc21)C(C)(CC)CCC3(C)C)C(=C)O.CC. The maximum absolute atomic E-state index is 9.90. The molecule has 0 radical (unpaired) electrons. The van der Waals surface area contributed by atoms with Crippen molar-refractivity contribution in [3.8, 4) is 6.07 Å². The van der Waals surface area contributed by atoms with Gasteiger partial charge in [-0.15, -0.1) is 0 Å². The second kappa shape index (κ2) is 14.2. The van der Waals surface area contributed by atoms with Crippen LogP contribution >= 0.6 is 0 Å². The summed E-state index contributed by atoms with van der Waals surface area (Å²) in [6.45, 7) is 25.0. The molecular formula is C36H49N3O. The summed E-state index contributed by atoms with van der Waals surface area (Å²) in [6.07, 6.45) is 14.6. The Labute approximate surface area is 243 Å². The molecule has 1 aliphatic heterocycles. The van der Waals surface area contributed by atoms with Gasteiger partial charge in [-0.1, -0.05) is 92.0 Å². The summed E-state index contributed by atoms with van der Waals surface area (Å²) in [5.41, 5.74) is 9.74. The summed E-state index contributed by atoms with van der Waals surface area (Å²) < 4.78 is 0. The molecule has 0 amide bonds. The number of nitriles is 1. The first-order valence-corrected chi connectivity index (χ1v) is 14.7. The van der Waals surface area contributed by atoms with Crippen LogP contribution < -0.4 is 5.32 Å². The Morgan fingerprint density at radius 3 is 2.40 bits per heavy atom. The molecular weight excluding hydrogens is 490 g/mol. The van der Waals surface area contributed by atoms with E-state index in [2.05, 4.69) is 78.2 Å². The minimum atomic E-state index is -0.00970. The van der Waals surface area contributed by atoms with Crippen LogP contribution in [-0.2, 0) is 10.8 Å². The minimum absolute atomic E-state index is 0.00970. The molecule has 0 bridgehead atoms. The molecule has 0 aromatic heterocycles. The summed E-state index contributed by atoms with van der Waals surface area (Å²) in [5.74, 6) is -0.00970. The molecule has 1 aliphatic carbocycles. The van der Waals surface area contributed by atoms with Crippen molar-refractivity contribution in [1.29, 1.82) is 5.26 Å². The number of nitrogens with one attached hydrogen (secondary N) is 1. The van der Waals surface area contributed by atoms with Crippen LogP contribution in [0.25, 0.3) is 0 Å². The maximum Gasteiger partial charge on any atom is 0.115 e. The van der Waals surface area contributed by atoms with Gasteiger partial charge in [-0.2, -0.15) is 5.26 Å². The third kappa shape index (κ3) is 7.13. The Morgan fingerprint density at radius 2 is 1.82 bits per heavy atom. The number of aliphatic hydroxyl groups is 1. The number of aliphatic imine (C=N–C) groups is 1. The molecule has 214 valence electrons. The van der Waals surface area contributed by atoms with Gasteiger partial charge in [-0.3, -0.25) is 4.99 Å². The van der Waals surface area contributed by atoms with Gasteiger partial charge in [0, 0.05) is 28.9 Å². The number of hydrogen-bond acceptors (Lipinski definition) is 4. The van der Waals surface area contributed by atoms with Crippen LogP contribution in [0.4, 0.5) is 5.69 Å². The molecule has 1 atom stereocenters. The van der Waals surface area contributed by atoms with E-state index in [4.69, 9.17) is 10.3 Å². The lowest BCUT2D eigenvalue weighted by Gasteiger charge is -2.44. The van der Waals surface area contributed by atoms with Gasteiger partial charge < -0.3 is 10.4 Å². The fraction of sp³-hybridized carbons (Fsp3) is 0.444.